The van der Waals surface area contributed by atoms with E-state index in [0.717, 1.165) is 10.4 Å². The molecule has 0 radical (unpaired) electrons. The minimum absolute atomic E-state index is 0.0853. The Balaban J connectivity index is 2.09. The van der Waals surface area contributed by atoms with Crippen molar-refractivity contribution >= 4 is 15.9 Å². The van der Waals surface area contributed by atoms with E-state index in [1.54, 1.807) is 30.3 Å². The summed E-state index contributed by atoms with van der Waals surface area (Å²) >= 11 is 0. The fraction of sp³-hybridized carbons (Fsp3) is 0.188. The van der Waals surface area contributed by atoms with Crippen LogP contribution in [-0.2, 0) is 14.8 Å². The van der Waals surface area contributed by atoms with Crippen LogP contribution >= 0.6 is 0 Å². The Kier molecular flexibility index (Phi) is 4.14. The number of amides is 1. The third kappa shape index (κ3) is 2.85. The zero-order valence-corrected chi connectivity index (χ0v) is 13.0. The maximum Gasteiger partial charge on any atom is 0.247 e. The molecule has 1 fully saturated rings. The molecule has 0 aromatic heterocycles. The lowest BCUT2D eigenvalue weighted by Crippen LogP contribution is -2.52. The lowest BCUT2D eigenvalue weighted by atomic mass is 10.1. The van der Waals surface area contributed by atoms with Crippen LogP contribution in [-0.4, -0.2) is 31.7 Å². The van der Waals surface area contributed by atoms with Gasteiger partial charge in [-0.2, -0.15) is 4.31 Å². The van der Waals surface area contributed by atoms with Gasteiger partial charge in [-0.3, -0.25) is 4.79 Å². The number of hydrogen-bond donors (Lipinski definition) is 1. The molecule has 1 aliphatic heterocycles. The third-order valence-electron chi connectivity index (χ3n) is 3.71. The summed E-state index contributed by atoms with van der Waals surface area (Å²) in [6.45, 7) is 0.276. The van der Waals surface area contributed by atoms with Gasteiger partial charge in [-0.15, -0.1) is 0 Å². The number of nitrogens with one attached hydrogen (secondary N) is 1. The number of sulfonamides is 1. The Hall–Kier alpha value is -2.25. The predicted octanol–water partition coefficient (Wildman–Crippen LogP) is 1.69. The number of carbonyl (C=O) groups excluding carboxylic acids is 1. The second-order valence-corrected chi connectivity index (χ2v) is 7.01. The molecule has 0 unspecified atom stereocenters. The van der Waals surface area contributed by atoms with Crippen LogP contribution in [0.25, 0.3) is 0 Å². The minimum atomic E-state index is -4.13. The predicted molar refractivity (Wildman–Crippen MR) is 82.5 cm³/mol. The van der Waals surface area contributed by atoms with Crippen LogP contribution in [0.2, 0.25) is 0 Å². The van der Waals surface area contributed by atoms with Crippen molar-refractivity contribution in [3.05, 3.63) is 66.0 Å². The highest BCUT2D eigenvalue weighted by atomic mass is 32.2. The van der Waals surface area contributed by atoms with Crippen LogP contribution in [0.4, 0.5) is 4.39 Å². The van der Waals surface area contributed by atoms with Crippen molar-refractivity contribution in [2.45, 2.75) is 10.9 Å². The van der Waals surface area contributed by atoms with Crippen LogP contribution < -0.4 is 5.32 Å². The molecule has 5 nitrogen and oxygen atoms in total. The van der Waals surface area contributed by atoms with Crippen LogP contribution in [0.5, 0.6) is 0 Å². The summed E-state index contributed by atoms with van der Waals surface area (Å²) in [5.41, 5.74) is 0.546. The van der Waals surface area contributed by atoms with E-state index in [-0.39, 0.29) is 13.1 Å². The van der Waals surface area contributed by atoms with E-state index in [0.29, 0.717) is 5.56 Å². The van der Waals surface area contributed by atoms with Crippen molar-refractivity contribution in [3.63, 3.8) is 0 Å². The molecule has 1 amide bonds. The first kappa shape index (κ1) is 15.6. The van der Waals surface area contributed by atoms with Gasteiger partial charge < -0.3 is 5.32 Å². The van der Waals surface area contributed by atoms with Gasteiger partial charge in [0.1, 0.15) is 16.8 Å². The molecule has 23 heavy (non-hydrogen) atoms. The molecular weight excluding hydrogens is 319 g/mol. The molecule has 2 aromatic carbocycles. The van der Waals surface area contributed by atoms with Gasteiger partial charge in [0.25, 0.3) is 0 Å². The molecule has 1 heterocycles. The van der Waals surface area contributed by atoms with Crippen LogP contribution in [0, 0.1) is 5.82 Å². The Labute approximate surface area is 133 Å². The zero-order valence-electron chi connectivity index (χ0n) is 12.1. The first-order valence-corrected chi connectivity index (χ1v) is 8.55. The maximum atomic E-state index is 14.0. The molecule has 1 N–H and O–H groups in total. The van der Waals surface area contributed by atoms with E-state index < -0.39 is 32.7 Å². The van der Waals surface area contributed by atoms with E-state index in [1.165, 1.54) is 18.2 Å². The normalized spacial score (nSPS) is 19.3. The molecule has 0 bridgehead atoms. The smallest absolute Gasteiger partial charge is 0.247 e. The van der Waals surface area contributed by atoms with E-state index in [9.17, 15) is 17.6 Å². The molecule has 0 spiro atoms. The van der Waals surface area contributed by atoms with Gasteiger partial charge in [0.2, 0.25) is 15.9 Å². The van der Waals surface area contributed by atoms with Gasteiger partial charge in [0.05, 0.1) is 0 Å². The highest BCUT2D eigenvalue weighted by Gasteiger charge is 2.40. The van der Waals surface area contributed by atoms with E-state index in [2.05, 4.69) is 5.32 Å². The van der Waals surface area contributed by atoms with Crippen LogP contribution in [0.3, 0.4) is 0 Å². The molecule has 1 saturated heterocycles. The van der Waals surface area contributed by atoms with Crippen molar-refractivity contribution < 1.29 is 17.6 Å². The molecule has 0 aliphatic carbocycles. The number of carbonyl (C=O) groups is 1. The van der Waals surface area contributed by atoms with Crippen molar-refractivity contribution in [2.75, 3.05) is 13.1 Å². The minimum Gasteiger partial charge on any atom is -0.353 e. The number of benzene rings is 2. The van der Waals surface area contributed by atoms with Crippen molar-refractivity contribution in [3.8, 4) is 0 Å². The quantitative estimate of drug-likeness (QED) is 0.929. The fourth-order valence-corrected chi connectivity index (χ4v) is 4.28. The van der Waals surface area contributed by atoms with Gasteiger partial charge in [0, 0.05) is 13.1 Å². The molecular formula is C16H15FN2O3S. The molecule has 3 rings (SSSR count). The van der Waals surface area contributed by atoms with Crippen LogP contribution in [0.1, 0.15) is 11.6 Å². The Morgan fingerprint density at radius 2 is 1.70 bits per heavy atom. The molecule has 120 valence electrons. The monoisotopic (exact) mass is 334 g/mol. The van der Waals surface area contributed by atoms with Crippen molar-refractivity contribution in [1.82, 2.24) is 9.62 Å². The van der Waals surface area contributed by atoms with Gasteiger partial charge in [-0.25, -0.2) is 12.8 Å². The third-order valence-corrected chi connectivity index (χ3v) is 5.60. The molecule has 1 atom stereocenters. The standard InChI is InChI=1S/C16H15FN2O3S/c17-13-8-4-5-9-14(13)23(21,22)19-11-10-18-16(20)15(19)12-6-2-1-3-7-12/h1-9,15H,10-11H2,(H,18,20)/t15-/m1/s1. The maximum absolute atomic E-state index is 14.0. The summed E-state index contributed by atoms with van der Waals surface area (Å²) in [4.78, 5) is 11.8. The molecule has 7 heteroatoms. The highest BCUT2D eigenvalue weighted by molar-refractivity contribution is 7.89. The van der Waals surface area contributed by atoms with E-state index in [4.69, 9.17) is 0 Å². The summed E-state index contributed by atoms with van der Waals surface area (Å²) in [6, 6.07) is 12.8. The second-order valence-electron chi connectivity index (χ2n) is 5.15. The van der Waals surface area contributed by atoms with E-state index >= 15 is 0 Å². The first-order chi connectivity index (χ1) is 11.0. The van der Waals surface area contributed by atoms with Crippen molar-refractivity contribution in [1.29, 1.82) is 0 Å². The number of halogens is 1. The summed E-state index contributed by atoms with van der Waals surface area (Å²) < 4.78 is 40.7. The molecule has 1 aliphatic rings. The lowest BCUT2D eigenvalue weighted by Gasteiger charge is -2.34. The summed E-state index contributed by atoms with van der Waals surface area (Å²) in [7, 11) is -4.13. The number of hydrogen-bond acceptors (Lipinski definition) is 3. The zero-order chi connectivity index (χ0) is 16.4. The molecule has 0 saturated carbocycles. The summed E-state index contributed by atoms with van der Waals surface area (Å²) in [5.74, 6) is -1.24. The molecule has 2 aromatic rings. The average molecular weight is 334 g/mol. The fourth-order valence-electron chi connectivity index (χ4n) is 2.64. The topological polar surface area (TPSA) is 66.5 Å². The SMILES string of the molecule is O=C1NCCN(S(=O)(=O)c2ccccc2F)[C@@H]1c1ccccc1. The Morgan fingerprint density at radius 3 is 2.39 bits per heavy atom. The van der Waals surface area contributed by atoms with Gasteiger partial charge in [-0.1, -0.05) is 42.5 Å². The average Bonchev–Trinajstić information content (AvgIpc) is 2.55. The number of piperazine rings is 1. The lowest BCUT2D eigenvalue weighted by molar-refractivity contribution is -0.126. The number of rotatable bonds is 3. The van der Waals surface area contributed by atoms with Crippen LogP contribution in [0.15, 0.2) is 59.5 Å². The largest absolute Gasteiger partial charge is 0.353 e. The Morgan fingerprint density at radius 1 is 1.04 bits per heavy atom. The van der Waals surface area contributed by atoms with E-state index in [1.807, 2.05) is 0 Å². The number of nitrogens with zero attached hydrogens (tertiary/aromatic N) is 1. The first-order valence-electron chi connectivity index (χ1n) is 7.11. The second kappa shape index (κ2) is 6.10. The van der Waals surface area contributed by atoms with Gasteiger partial charge in [0.15, 0.2) is 0 Å². The van der Waals surface area contributed by atoms with Gasteiger partial charge >= 0.3 is 0 Å². The van der Waals surface area contributed by atoms with Crippen molar-refractivity contribution in [2.24, 2.45) is 0 Å². The Bertz CT molecular complexity index is 824. The van der Waals surface area contributed by atoms with Gasteiger partial charge in [-0.05, 0) is 17.7 Å². The summed E-state index contributed by atoms with van der Waals surface area (Å²) in [6.07, 6.45) is 0. The summed E-state index contributed by atoms with van der Waals surface area (Å²) in [5, 5.41) is 2.66. The highest BCUT2D eigenvalue weighted by Crippen LogP contribution is 2.30.